The van der Waals surface area contributed by atoms with Gasteiger partial charge in [-0.1, -0.05) is 0 Å². The maximum Gasteiger partial charge on any atom is 0.330 e. The van der Waals surface area contributed by atoms with Gasteiger partial charge in [-0.3, -0.25) is 5.43 Å². The van der Waals surface area contributed by atoms with Crippen molar-refractivity contribution >= 4 is 26.5 Å². The lowest BCUT2D eigenvalue weighted by Crippen LogP contribution is -2.31. The molecule has 1 atom stereocenters. The highest BCUT2D eigenvalue weighted by Gasteiger charge is 2.24. The Morgan fingerprint density at radius 3 is 3.18 bits per heavy atom. The molecule has 0 aromatic heterocycles. The molecular formula is C6H9BrN2O2. The number of halogens is 1. The first-order valence-corrected chi connectivity index (χ1v) is 4.17. The molecule has 1 aliphatic heterocycles. The fourth-order valence-electron chi connectivity index (χ4n) is 0.787. The minimum atomic E-state index is -0.302. The van der Waals surface area contributed by atoms with Crippen LogP contribution in [0.1, 0.15) is 13.3 Å². The minimum absolute atomic E-state index is 0.245. The van der Waals surface area contributed by atoms with Crippen LogP contribution in [0.5, 0.6) is 0 Å². The van der Waals surface area contributed by atoms with Crippen molar-refractivity contribution in [2.75, 3.05) is 6.61 Å². The molecule has 4 nitrogen and oxygen atoms in total. The zero-order chi connectivity index (χ0) is 8.27. The van der Waals surface area contributed by atoms with Crippen molar-refractivity contribution in [3.05, 3.63) is 0 Å². The number of rotatable bonds is 2. The minimum Gasteiger partial charge on any atom is -0.464 e. The van der Waals surface area contributed by atoms with Crippen molar-refractivity contribution in [1.29, 1.82) is 0 Å². The average Bonchev–Trinajstić information content (AvgIpc) is 2.36. The Hall–Kier alpha value is -0.580. The second-order valence-corrected chi connectivity index (χ2v) is 3.04. The zero-order valence-electron chi connectivity index (χ0n) is 6.13. The SMILES string of the molecule is CCOC(=O)C1CC(Br)=NN1. The van der Waals surface area contributed by atoms with Crippen LogP contribution < -0.4 is 5.43 Å². The van der Waals surface area contributed by atoms with E-state index in [2.05, 4.69) is 26.5 Å². The molecule has 0 aromatic rings. The Labute approximate surface area is 73.1 Å². The highest BCUT2D eigenvalue weighted by atomic mass is 79.9. The predicted octanol–water partition coefficient (Wildman–Crippen LogP) is 0.620. The quantitative estimate of drug-likeness (QED) is 0.695. The van der Waals surface area contributed by atoms with Crippen LogP contribution in [0.15, 0.2) is 5.10 Å². The van der Waals surface area contributed by atoms with Gasteiger partial charge in [0.1, 0.15) is 10.7 Å². The first-order chi connectivity index (χ1) is 5.24. The predicted molar refractivity (Wildman–Crippen MR) is 44.5 cm³/mol. The van der Waals surface area contributed by atoms with E-state index in [1.54, 1.807) is 6.92 Å². The van der Waals surface area contributed by atoms with Gasteiger partial charge in [-0.05, 0) is 22.9 Å². The van der Waals surface area contributed by atoms with Gasteiger partial charge in [-0.25, -0.2) is 4.79 Å². The summed E-state index contributed by atoms with van der Waals surface area (Å²) in [5.74, 6) is -0.245. The van der Waals surface area contributed by atoms with Crippen molar-refractivity contribution in [3.63, 3.8) is 0 Å². The summed E-state index contributed by atoms with van der Waals surface area (Å²) in [5, 5.41) is 3.80. The van der Waals surface area contributed by atoms with Crippen molar-refractivity contribution < 1.29 is 9.53 Å². The lowest BCUT2D eigenvalue weighted by Gasteiger charge is -2.06. The van der Waals surface area contributed by atoms with E-state index >= 15 is 0 Å². The van der Waals surface area contributed by atoms with Crippen molar-refractivity contribution in [2.45, 2.75) is 19.4 Å². The number of nitrogens with zero attached hydrogens (tertiary/aromatic N) is 1. The summed E-state index contributed by atoms with van der Waals surface area (Å²) >= 11 is 3.18. The second-order valence-electron chi connectivity index (χ2n) is 2.13. The number of carbonyl (C=O) groups is 1. The Balaban J connectivity index is 2.34. The number of ether oxygens (including phenoxy) is 1. The van der Waals surface area contributed by atoms with Crippen LogP contribution in [0.3, 0.4) is 0 Å². The smallest absolute Gasteiger partial charge is 0.330 e. The molecule has 5 heteroatoms. The molecule has 0 radical (unpaired) electrons. The molecule has 0 saturated carbocycles. The van der Waals surface area contributed by atoms with Crippen LogP contribution in [0.2, 0.25) is 0 Å². The van der Waals surface area contributed by atoms with Gasteiger partial charge < -0.3 is 4.74 Å². The van der Waals surface area contributed by atoms with E-state index in [4.69, 9.17) is 4.74 Å². The van der Waals surface area contributed by atoms with Crippen LogP contribution in [-0.2, 0) is 9.53 Å². The highest BCUT2D eigenvalue weighted by molar-refractivity contribution is 9.18. The molecule has 0 aromatic carbocycles. The number of hydrogen-bond acceptors (Lipinski definition) is 4. The Bertz CT molecular complexity index is 193. The molecule has 11 heavy (non-hydrogen) atoms. The van der Waals surface area contributed by atoms with Crippen LogP contribution in [0, 0.1) is 0 Å². The first-order valence-electron chi connectivity index (χ1n) is 3.38. The average molecular weight is 221 g/mol. The van der Waals surface area contributed by atoms with Gasteiger partial charge >= 0.3 is 5.97 Å². The number of esters is 1. The third-order valence-corrected chi connectivity index (χ3v) is 1.79. The third kappa shape index (κ3) is 2.18. The topological polar surface area (TPSA) is 50.7 Å². The van der Waals surface area contributed by atoms with E-state index in [9.17, 15) is 4.79 Å². The molecule has 1 rings (SSSR count). The Morgan fingerprint density at radius 1 is 2.00 bits per heavy atom. The molecular weight excluding hydrogens is 212 g/mol. The Morgan fingerprint density at radius 2 is 2.73 bits per heavy atom. The summed E-state index contributed by atoms with van der Waals surface area (Å²) in [6, 6.07) is -0.302. The van der Waals surface area contributed by atoms with Crippen molar-refractivity contribution in [2.24, 2.45) is 5.10 Å². The molecule has 1 unspecified atom stereocenters. The maximum atomic E-state index is 11.0. The fourth-order valence-corrected chi connectivity index (χ4v) is 1.21. The molecule has 0 saturated heterocycles. The van der Waals surface area contributed by atoms with E-state index in [-0.39, 0.29) is 12.0 Å². The first kappa shape index (κ1) is 8.52. The van der Waals surface area contributed by atoms with E-state index in [1.807, 2.05) is 0 Å². The van der Waals surface area contributed by atoms with Crippen LogP contribution in [-0.4, -0.2) is 23.2 Å². The van der Waals surface area contributed by atoms with Crippen molar-refractivity contribution in [1.82, 2.24) is 5.43 Å². The summed E-state index contributed by atoms with van der Waals surface area (Å²) in [6.45, 7) is 2.19. The van der Waals surface area contributed by atoms with E-state index in [0.29, 0.717) is 13.0 Å². The van der Waals surface area contributed by atoms with Crippen LogP contribution in [0.4, 0.5) is 0 Å². The lowest BCUT2D eigenvalue weighted by molar-refractivity contribution is -0.145. The molecule has 0 aliphatic carbocycles. The van der Waals surface area contributed by atoms with Gasteiger partial charge in [-0.15, -0.1) is 0 Å². The maximum absolute atomic E-state index is 11.0. The number of hydrazone groups is 1. The molecule has 0 bridgehead atoms. The van der Waals surface area contributed by atoms with E-state index < -0.39 is 0 Å². The van der Waals surface area contributed by atoms with Crippen LogP contribution >= 0.6 is 15.9 Å². The lowest BCUT2D eigenvalue weighted by atomic mass is 10.2. The van der Waals surface area contributed by atoms with Crippen molar-refractivity contribution in [3.8, 4) is 0 Å². The molecule has 0 spiro atoms. The van der Waals surface area contributed by atoms with Gasteiger partial charge in [0.25, 0.3) is 0 Å². The number of carbonyl (C=O) groups excluding carboxylic acids is 1. The van der Waals surface area contributed by atoms with Crippen LogP contribution in [0.25, 0.3) is 0 Å². The van der Waals surface area contributed by atoms with E-state index in [1.165, 1.54) is 0 Å². The summed E-state index contributed by atoms with van der Waals surface area (Å²) in [7, 11) is 0. The number of nitrogens with one attached hydrogen (secondary N) is 1. The third-order valence-electron chi connectivity index (χ3n) is 1.29. The summed E-state index contributed by atoms with van der Waals surface area (Å²) in [4.78, 5) is 11.0. The number of hydrogen-bond donors (Lipinski definition) is 1. The van der Waals surface area contributed by atoms with E-state index in [0.717, 1.165) is 4.62 Å². The van der Waals surface area contributed by atoms with Gasteiger partial charge in [0, 0.05) is 6.42 Å². The summed E-state index contributed by atoms with van der Waals surface area (Å²) in [6.07, 6.45) is 0.582. The monoisotopic (exact) mass is 220 g/mol. The molecule has 1 N–H and O–H groups in total. The fraction of sp³-hybridized carbons (Fsp3) is 0.667. The molecule has 0 fully saturated rings. The largest absolute Gasteiger partial charge is 0.464 e. The summed E-state index contributed by atoms with van der Waals surface area (Å²) in [5.41, 5.74) is 2.66. The van der Waals surface area contributed by atoms with Gasteiger partial charge in [0.05, 0.1) is 6.61 Å². The molecule has 1 heterocycles. The standard InChI is InChI=1S/C6H9BrN2O2/c1-2-11-6(10)4-3-5(7)9-8-4/h4,8H,2-3H2,1H3. The highest BCUT2D eigenvalue weighted by Crippen LogP contribution is 2.08. The normalized spacial score (nSPS) is 22.4. The van der Waals surface area contributed by atoms with Gasteiger partial charge in [-0.2, -0.15) is 5.10 Å². The summed E-state index contributed by atoms with van der Waals surface area (Å²) < 4.78 is 5.54. The zero-order valence-corrected chi connectivity index (χ0v) is 7.72. The van der Waals surface area contributed by atoms with Gasteiger partial charge in [0.15, 0.2) is 0 Å². The van der Waals surface area contributed by atoms with Gasteiger partial charge in [0.2, 0.25) is 0 Å². The molecule has 62 valence electrons. The Kier molecular flexibility index (Phi) is 2.87. The second kappa shape index (κ2) is 3.71. The molecule has 1 aliphatic rings. The molecule has 0 amide bonds.